The van der Waals surface area contributed by atoms with Crippen LogP contribution in [0.3, 0.4) is 0 Å². The molecule has 0 N–H and O–H groups in total. The normalized spacial score (nSPS) is 36.3. The summed E-state index contributed by atoms with van der Waals surface area (Å²) in [7, 11) is 0. The van der Waals surface area contributed by atoms with Crippen LogP contribution in [-0.2, 0) is 0 Å². The van der Waals surface area contributed by atoms with Crippen molar-refractivity contribution >= 4 is 23.5 Å². The molecule has 1 saturated carbocycles. The van der Waals surface area contributed by atoms with Crippen molar-refractivity contribution in [2.24, 2.45) is 5.92 Å². The van der Waals surface area contributed by atoms with E-state index in [1.165, 1.54) is 37.2 Å². The molecular weight excluding hydrogens is 172 g/mol. The maximum atomic E-state index is 2.44. The Morgan fingerprint density at radius 1 is 1.18 bits per heavy atom. The van der Waals surface area contributed by atoms with Gasteiger partial charge < -0.3 is 0 Å². The van der Waals surface area contributed by atoms with E-state index in [0.29, 0.717) is 4.08 Å². The SMILES string of the molecule is CC1CCCC12SCCCS2. The summed E-state index contributed by atoms with van der Waals surface area (Å²) in [6.45, 7) is 2.44. The van der Waals surface area contributed by atoms with Crippen molar-refractivity contribution in [2.75, 3.05) is 11.5 Å². The van der Waals surface area contributed by atoms with E-state index < -0.39 is 0 Å². The molecule has 0 aromatic rings. The molecule has 1 unspecified atom stereocenters. The van der Waals surface area contributed by atoms with Crippen molar-refractivity contribution in [3.63, 3.8) is 0 Å². The van der Waals surface area contributed by atoms with E-state index in [9.17, 15) is 0 Å². The molecule has 0 bridgehead atoms. The fourth-order valence-corrected chi connectivity index (χ4v) is 5.81. The van der Waals surface area contributed by atoms with Gasteiger partial charge in [0.2, 0.25) is 0 Å². The molecule has 1 aliphatic heterocycles. The second kappa shape index (κ2) is 3.21. The van der Waals surface area contributed by atoms with Gasteiger partial charge in [-0.05, 0) is 36.7 Å². The van der Waals surface area contributed by atoms with Gasteiger partial charge in [-0.1, -0.05) is 13.3 Å². The minimum Gasteiger partial charge on any atom is -0.144 e. The summed E-state index contributed by atoms with van der Waals surface area (Å²) in [5, 5.41) is 0. The molecule has 64 valence electrons. The monoisotopic (exact) mass is 188 g/mol. The first-order valence-corrected chi connectivity index (χ1v) is 6.58. The van der Waals surface area contributed by atoms with Gasteiger partial charge in [0.15, 0.2) is 0 Å². The van der Waals surface area contributed by atoms with Crippen molar-refractivity contribution in [2.45, 2.75) is 36.7 Å². The molecule has 0 radical (unpaired) electrons. The molecule has 2 aliphatic rings. The lowest BCUT2D eigenvalue weighted by Gasteiger charge is -2.36. The van der Waals surface area contributed by atoms with Crippen LogP contribution in [0.5, 0.6) is 0 Å². The van der Waals surface area contributed by atoms with E-state index in [-0.39, 0.29) is 0 Å². The fourth-order valence-electron chi connectivity index (χ4n) is 2.14. The summed E-state index contributed by atoms with van der Waals surface area (Å²) in [6.07, 6.45) is 5.86. The van der Waals surface area contributed by atoms with Crippen LogP contribution < -0.4 is 0 Å². The van der Waals surface area contributed by atoms with E-state index in [1.807, 2.05) is 0 Å². The Balaban J connectivity index is 2.06. The van der Waals surface area contributed by atoms with Crippen LogP contribution in [0.1, 0.15) is 32.6 Å². The zero-order valence-corrected chi connectivity index (χ0v) is 8.77. The zero-order chi connectivity index (χ0) is 7.73. The lowest BCUT2D eigenvalue weighted by molar-refractivity contribution is 0.592. The van der Waals surface area contributed by atoms with Crippen molar-refractivity contribution in [3.05, 3.63) is 0 Å². The van der Waals surface area contributed by atoms with Crippen LogP contribution in [0.15, 0.2) is 0 Å². The van der Waals surface area contributed by atoms with Crippen molar-refractivity contribution in [1.29, 1.82) is 0 Å². The van der Waals surface area contributed by atoms with Gasteiger partial charge in [0.05, 0.1) is 4.08 Å². The van der Waals surface area contributed by atoms with Crippen LogP contribution in [0, 0.1) is 5.92 Å². The quantitative estimate of drug-likeness (QED) is 0.571. The van der Waals surface area contributed by atoms with Crippen LogP contribution in [-0.4, -0.2) is 15.6 Å². The van der Waals surface area contributed by atoms with Gasteiger partial charge >= 0.3 is 0 Å². The fraction of sp³-hybridized carbons (Fsp3) is 1.00. The predicted molar refractivity (Wildman–Crippen MR) is 55.3 cm³/mol. The van der Waals surface area contributed by atoms with E-state index in [4.69, 9.17) is 0 Å². The highest BCUT2D eigenvalue weighted by Crippen LogP contribution is 2.55. The first-order chi connectivity index (χ1) is 5.33. The summed E-state index contributed by atoms with van der Waals surface area (Å²) in [6, 6.07) is 0. The number of thioether (sulfide) groups is 2. The smallest absolute Gasteiger partial charge is 0.0636 e. The standard InChI is InChI=1S/C9H16S2/c1-8-4-2-5-9(8)10-6-3-7-11-9/h8H,2-7H2,1H3. The molecule has 1 atom stereocenters. The Morgan fingerprint density at radius 2 is 1.91 bits per heavy atom. The second-order valence-corrected chi connectivity index (χ2v) is 6.76. The molecule has 0 amide bonds. The highest BCUT2D eigenvalue weighted by Gasteiger charge is 2.42. The third kappa shape index (κ3) is 1.44. The van der Waals surface area contributed by atoms with E-state index in [1.54, 1.807) is 0 Å². The molecular formula is C9H16S2. The zero-order valence-electron chi connectivity index (χ0n) is 7.14. The van der Waals surface area contributed by atoms with E-state index in [2.05, 4.69) is 30.4 Å². The Hall–Kier alpha value is 0.700. The van der Waals surface area contributed by atoms with Gasteiger partial charge in [0, 0.05) is 0 Å². The highest BCUT2D eigenvalue weighted by molar-refractivity contribution is 8.18. The largest absolute Gasteiger partial charge is 0.144 e. The predicted octanol–water partition coefficient (Wildman–Crippen LogP) is 3.37. The highest BCUT2D eigenvalue weighted by atomic mass is 32.2. The Kier molecular flexibility index (Phi) is 2.43. The molecule has 1 spiro atoms. The lowest BCUT2D eigenvalue weighted by atomic mass is 10.1. The molecule has 0 aromatic carbocycles. The van der Waals surface area contributed by atoms with Crippen LogP contribution >= 0.6 is 23.5 Å². The molecule has 2 heteroatoms. The van der Waals surface area contributed by atoms with Gasteiger partial charge in [-0.25, -0.2) is 0 Å². The average Bonchev–Trinajstić information content (AvgIpc) is 2.36. The number of rotatable bonds is 0. The first kappa shape index (κ1) is 8.31. The minimum atomic E-state index is 0.665. The third-order valence-corrected chi connectivity index (χ3v) is 6.78. The van der Waals surface area contributed by atoms with Crippen LogP contribution in [0.4, 0.5) is 0 Å². The van der Waals surface area contributed by atoms with Crippen molar-refractivity contribution in [3.8, 4) is 0 Å². The minimum absolute atomic E-state index is 0.665. The molecule has 1 saturated heterocycles. The Morgan fingerprint density at radius 3 is 2.45 bits per heavy atom. The van der Waals surface area contributed by atoms with Gasteiger partial charge in [0.1, 0.15) is 0 Å². The number of hydrogen-bond acceptors (Lipinski definition) is 2. The molecule has 2 fully saturated rings. The maximum Gasteiger partial charge on any atom is 0.0636 e. The molecule has 2 rings (SSSR count). The molecule has 11 heavy (non-hydrogen) atoms. The first-order valence-electron chi connectivity index (χ1n) is 4.61. The van der Waals surface area contributed by atoms with Gasteiger partial charge in [0.25, 0.3) is 0 Å². The van der Waals surface area contributed by atoms with Gasteiger partial charge in [-0.15, -0.1) is 23.5 Å². The lowest BCUT2D eigenvalue weighted by Crippen LogP contribution is -2.27. The molecule has 0 nitrogen and oxygen atoms in total. The molecule has 1 heterocycles. The van der Waals surface area contributed by atoms with Crippen molar-refractivity contribution in [1.82, 2.24) is 0 Å². The van der Waals surface area contributed by atoms with E-state index >= 15 is 0 Å². The number of hydrogen-bond donors (Lipinski definition) is 0. The average molecular weight is 188 g/mol. The summed E-state index contributed by atoms with van der Waals surface area (Å²) in [5.41, 5.74) is 0. The molecule has 1 aliphatic carbocycles. The van der Waals surface area contributed by atoms with E-state index in [0.717, 1.165) is 5.92 Å². The Bertz CT molecular complexity index is 138. The summed E-state index contributed by atoms with van der Waals surface area (Å²) >= 11 is 4.49. The van der Waals surface area contributed by atoms with Crippen LogP contribution in [0.2, 0.25) is 0 Å². The summed E-state index contributed by atoms with van der Waals surface area (Å²) in [5.74, 6) is 3.80. The Labute approximate surface area is 77.9 Å². The second-order valence-electron chi connectivity index (χ2n) is 3.66. The molecule has 0 aromatic heterocycles. The topological polar surface area (TPSA) is 0 Å². The summed E-state index contributed by atoms with van der Waals surface area (Å²) in [4.78, 5) is 0. The third-order valence-electron chi connectivity index (χ3n) is 2.89. The summed E-state index contributed by atoms with van der Waals surface area (Å²) < 4.78 is 0.665. The van der Waals surface area contributed by atoms with Crippen molar-refractivity contribution < 1.29 is 0 Å². The van der Waals surface area contributed by atoms with Gasteiger partial charge in [-0.3, -0.25) is 0 Å². The van der Waals surface area contributed by atoms with Crippen LogP contribution in [0.25, 0.3) is 0 Å². The maximum absolute atomic E-state index is 2.44. The van der Waals surface area contributed by atoms with Gasteiger partial charge in [-0.2, -0.15) is 0 Å².